The molecule has 0 aliphatic rings. The van der Waals surface area contributed by atoms with Gasteiger partial charge in [0.1, 0.15) is 0 Å². The largest absolute Gasteiger partial charge is 0.321 e. The van der Waals surface area contributed by atoms with E-state index in [4.69, 9.17) is 0 Å². The Bertz CT molecular complexity index is 584. The molecule has 1 aromatic heterocycles. The van der Waals surface area contributed by atoms with Crippen molar-refractivity contribution in [2.24, 2.45) is 0 Å². The zero-order valence-electron chi connectivity index (χ0n) is 9.88. The summed E-state index contributed by atoms with van der Waals surface area (Å²) in [6.45, 7) is 4.01. The number of carbonyl (C=O) groups excluding carboxylic acids is 1. The number of amides is 1. The monoisotopic (exact) mass is 387 g/mol. The number of hydrogen-bond acceptors (Lipinski definition) is 2. The third kappa shape index (κ3) is 3.02. The lowest BCUT2D eigenvalue weighted by atomic mass is 10.1. The summed E-state index contributed by atoms with van der Waals surface area (Å²) in [7, 11) is 0. The molecule has 2 nitrogen and oxygen atoms in total. The number of anilines is 1. The topological polar surface area (TPSA) is 29.1 Å². The lowest BCUT2D eigenvalue weighted by Crippen LogP contribution is -2.12. The number of nitrogens with one attached hydrogen (secondary N) is 1. The van der Waals surface area contributed by atoms with Crippen molar-refractivity contribution >= 4 is 54.8 Å². The van der Waals surface area contributed by atoms with Gasteiger partial charge in [-0.3, -0.25) is 4.79 Å². The van der Waals surface area contributed by atoms with Crippen molar-refractivity contribution in [1.82, 2.24) is 0 Å². The summed E-state index contributed by atoms with van der Waals surface area (Å²) in [5.41, 5.74) is 3.70. The van der Waals surface area contributed by atoms with Gasteiger partial charge in [0.25, 0.3) is 5.91 Å². The second kappa shape index (κ2) is 5.55. The van der Waals surface area contributed by atoms with Gasteiger partial charge in [0.15, 0.2) is 0 Å². The Morgan fingerprint density at radius 1 is 1.22 bits per heavy atom. The minimum atomic E-state index is -0.0930. The maximum atomic E-state index is 12.1. The Morgan fingerprint density at radius 3 is 2.50 bits per heavy atom. The highest BCUT2D eigenvalue weighted by Crippen LogP contribution is 2.29. The lowest BCUT2D eigenvalue weighted by molar-refractivity contribution is 0.102. The van der Waals surface area contributed by atoms with E-state index in [0.717, 1.165) is 25.1 Å². The van der Waals surface area contributed by atoms with Crippen LogP contribution in [-0.4, -0.2) is 5.91 Å². The van der Waals surface area contributed by atoms with Crippen LogP contribution >= 0.6 is 43.2 Å². The van der Waals surface area contributed by atoms with E-state index in [9.17, 15) is 4.79 Å². The van der Waals surface area contributed by atoms with Gasteiger partial charge < -0.3 is 5.32 Å². The molecule has 0 unspecified atom stereocenters. The number of carbonyl (C=O) groups is 1. The van der Waals surface area contributed by atoms with Gasteiger partial charge in [0.05, 0.1) is 15.0 Å². The average molecular weight is 389 g/mol. The molecular weight excluding hydrogens is 378 g/mol. The van der Waals surface area contributed by atoms with E-state index < -0.39 is 0 Å². The second-order valence-electron chi connectivity index (χ2n) is 4.03. The van der Waals surface area contributed by atoms with E-state index in [1.54, 1.807) is 0 Å². The van der Waals surface area contributed by atoms with E-state index in [2.05, 4.69) is 37.2 Å². The van der Waals surface area contributed by atoms with Gasteiger partial charge in [-0.25, -0.2) is 0 Å². The molecule has 18 heavy (non-hydrogen) atoms. The zero-order chi connectivity index (χ0) is 13.3. The van der Waals surface area contributed by atoms with Crippen molar-refractivity contribution in [1.29, 1.82) is 0 Å². The standard InChI is InChI=1S/C13H11Br2NOS/c1-7-3-8(2)12(10(14)4-7)16-13(17)9-5-11(15)18-6-9/h3-6H,1-2H3,(H,16,17). The van der Waals surface area contributed by atoms with E-state index in [1.807, 2.05) is 37.4 Å². The van der Waals surface area contributed by atoms with Crippen molar-refractivity contribution < 1.29 is 4.79 Å². The maximum absolute atomic E-state index is 12.1. The van der Waals surface area contributed by atoms with Crippen LogP contribution in [0.25, 0.3) is 0 Å². The number of thiophene rings is 1. The van der Waals surface area contributed by atoms with Crippen LogP contribution in [-0.2, 0) is 0 Å². The third-order valence-electron chi connectivity index (χ3n) is 2.50. The Hall–Kier alpha value is -0.650. The number of halogens is 2. The quantitative estimate of drug-likeness (QED) is 0.757. The molecule has 0 aliphatic carbocycles. The van der Waals surface area contributed by atoms with Crippen molar-refractivity contribution in [3.05, 3.63) is 48.5 Å². The summed E-state index contributed by atoms with van der Waals surface area (Å²) in [5, 5.41) is 4.77. The zero-order valence-corrected chi connectivity index (χ0v) is 13.9. The highest BCUT2D eigenvalue weighted by atomic mass is 79.9. The fourth-order valence-corrected chi connectivity index (χ4v) is 3.60. The van der Waals surface area contributed by atoms with E-state index in [0.29, 0.717) is 5.56 Å². The van der Waals surface area contributed by atoms with Crippen molar-refractivity contribution in [3.8, 4) is 0 Å². The van der Waals surface area contributed by atoms with Crippen LogP contribution in [0, 0.1) is 13.8 Å². The molecule has 94 valence electrons. The average Bonchev–Trinajstić information content (AvgIpc) is 2.70. The number of rotatable bonds is 2. The predicted molar refractivity (Wildman–Crippen MR) is 83.6 cm³/mol. The lowest BCUT2D eigenvalue weighted by Gasteiger charge is -2.11. The number of hydrogen-bond donors (Lipinski definition) is 1. The number of aryl methyl sites for hydroxylation is 2. The maximum Gasteiger partial charge on any atom is 0.256 e. The Balaban J connectivity index is 2.27. The molecule has 0 spiro atoms. The molecule has 0 saturated carbocycles. The van der Waals surface area contributed by atoms with Crippen LogP contribution < -0.4 is 5.32 Å². The van der Waals surface area contributed by atoms with Crippen LogP contribution in [0.2, 0.25) is 0 Å². The fraction of sp³-hybridized carbons (Fsp3) is 0.154. The molecule has 0 aliphatic heterocycles. The summed E-state index contributed by atoms with van der Waals surface area (Å²) in [6, 6.07) is 5.85. The third-order valence-corrected chi connectivity index (χ3v) is 4.63. The molecular formula is C13H11Br2NOS. The molecule has 0 fully saturated rings. The summed E-state index contributed by atoms with van der Waals surface area (Å²) < 4.78 is 1.86. The first-order valence-corrected chi connectivity index (χ1v) is 7.76. The Labute approximate surface area is 127 Å². The normalized spacial score (nSPS) is 10.4. The van der Waals surface area contributed by atoms with Crippen LogP contribution in [0.5, 0.6) is 0 Å². The minimum absolute atomic E-state index is 0.0930. The molecule has 1 aromatic carbocycles. The molecule has 1 amide bonds. The van der Waals surface area contributed by atoms with Crippen LogP contribution in [0.15, 0.2) is 31.8 Å². The predicted octanol–water partition coefficient (Wildman–Crippen LogP) is 5.14. The van der Waals surface area contributed by atoms with E-state index in [-0.39, 0.29) is 5.91 Å². The van der Waals surface area contributed by atoms with Gasteiger partial charge in [-0.05, 0) is 69.0 Å². The van der Waals surface area contributed by atoms with Gasteiger partial charge in [0.2, 0.25) is 0 Å². The molecule has 0 saturated heterocycles. The van der Waals surface area contributed by atoms with Gasteiger partial charge in [-0.2, -0.15) is 0 Å². The van der Waals surface area contributed by atoms with E-state index >= 15 is 0 Å². The van der Waals surface area contributed by atoms with Crippen molar-refractivity contribution in [3.63, 3.8) is 0 Å². The van der Waals surface area contributed by atoms with Gasteiger partial charge >= 0.3 is 0 Å². The van der Waals surface area contributed by atoms with Gasteiger partial charge in [-0.15, -0.1) is 11.3 Å². The van der Waals surface area contributed by atoms with Crippen molar-refractivity contribution in [2.45, 2.75) is 13.8 Å². The fourth-order valence-electron chi connectivity index (χ4n) is 1.69. The Morgan fingerprint density at radius 2 is 1.94 bits per heavy atom. The number of benzene rings is 1. The van der Waals surface area contributed by atoms with Gasteiger partial charge in [0, 0.05) is 9.85 Å². The molecule has 5 heteroatoms. The molecule has 0 radical (unpaired) electrons. The first-order chi connectivity index (χ1) is 8.47. The Kier molecular flexibility index (Phi) is 4.25. The van der Waals surface area contributed by atoms with Gasteiger partial charge in [-0.1, -0.05) is 6.07 Å². The summed E-state index contributed by atoms with van der Waals surface area (Å²) >= 11 is 8.33. The molecule has 1 heterocycles. The molecule has 2 aromatic rings. The molecule has 2 rings (SSSR count). The summed E-state index contributed by atoms with van der Waals surface area (Å²) in [5.74, 6) is -0.0930. The highest BCUT2D eigenvalue weighted by Gasteiger charge is 2.12. The van der Waals surface area contributed by atoms with Crippen LogP contribution in [0.3, 0.4) is 0 Å². The smallest absolute Gasteiger partial charge is 0.256 e. The van der Waals surface area contributed by atoms with Crippen LogP contribution in [0.1, 0.15) is 21.5 Å². The van der Waals surface area contributed by atoms with E-state index in [1.165, 1.54) is 11.3 Å². The minimum Gasteiger partial charge on any atom is -0.321 e. The summed E-state index contributed by atoms with van der Waals surface area (Å²) in [4.78, 5) is 12.1. The molecule has 1 N–H and O–H groups in total. The molecule has 0 bridgehead atoms. The highest BCUT2D eigenvalue weighted by molar-refractivity contribution is 9.11. The first-order valence-electron chi connectivity index (χ1n) is 5.29. The first kappa shape index (κ1) is 13.8. The molecule has 0 atom stereocenters. The van der Waals surface area contributed by atoms with Crippen molar-refractivity contribution in [2.75, 3.05) is 5.32 Å². The summed E-state index contributed by atoms with van der Waals surface area (Å²) in [6.07, 6.45) is 0. The second-order valence-corrected chi connectivity index (χ2v) is 7.18. The SMILES string of the molecule is Cc1cc(C)c(NC(=O)c2csc(Br)c2)c(Br)c1. The van der Waals surface area contributed by atoms with Crippen LogP contribution in [0.4, 0.5) is 5.69 Å².